The van der Waals surface area contributed by atoms with Crippen molar-refractivity contribution in [3.8, 4) is 0 Å². The van der Waals surface area contributed by atoms with Gasteiger partial charge in [-0.2, -0.15) is 5.10 Å². The predicted octanol–water partition coefficient (Wildman–Crippen LogP) is 1.24. The molecule has 0 saturated carbocycles. The van der Waals surface area contributed by atoms with Gasteiger partial charge in [0.15, 0.2) is 5.11 Å². The van der Waals surface area contributed by atoms with Crippen LogP contribution in [-0.4, -0.2) is 60.8 Å². The van der Waals surface area contributed by atoms with Crippen molar-refractivity contribution in [3.05, 3.63) is 0 Å². The number of hydrogen-bond donors (Lipinski definition) is 2. The number of thiocarbonyl (C=S) groups is 1. The first-order valence-corrected chi connectivity index (χ1v) is 8.22. The monoisotopic (exact) mass is 328 g/mol. The minimum atomic E-state index is -0.247. The molecule has 22 heavy (non-hydrogen) atoms. The van der Waals surface area contributed by atoms with Crippen molar-refractivity contribution in [2.24, 2.45) is 5.10 Å². The summed E-state index contributed by atoms with van der Waals surface area (Å²) in [7, 11) is 0. The van der Waals surface area contributed by atoms with Crippen molar-refractivity contribution in [2.75, 3.05) is 32.8 Å². The fraction of sp³-hybridized carbons (Fsp3) is 0.786. The number of amides is 1. The molecule has 124 valence electrons. The number of hydrogen-bond acceptors (Lipinski definition) is 5. The van der Waals surface area contributed by atoms with E-state index in [9.17, 15) is 4.79 Å². The van der Waals surface area contributed by atoms with Gasteiger partial charge in [-0.15, -0.1) is 0 Å². The molecule has 0 aromatic heterocycles. The van der Waals surface area contributed by atoms with Crippen molar-refractivity contribution in [1.82, 2.24) is 15.6 Å². The molecule has 2 fully saturated rings. The lowest BCUT2D eigenvalue weighted by Gasteiger charge is -2.26. The van der Waals surface area contributed by atoms with E-state index in [4.69, 9.17) is 21.7 Å². The van der Waals surface area contributed by atoms with Gasteiger partial charge in [0.2, 0.25) is 0 Å². The minimum absolute atomic E-state index is 0.247. The fourth-order valence-electron chi connectivity index (χ4n) is 2.46. The standard InChI is InChI=1S/C14H24N4O3S/c1-2-20-14(19)18-7-5-11(6-8-18)16-17-13(22)15-10-12-4-3-9-21-12/h12H,2-10H2,1H3,(H2,15,17,22)/t12-/m0/s1. The number of ether oxygens (including phenoxy) is 2. The zero-order chi connectivity index (χ0) is 15.8. The largest absolute Gasteiger partial charge is 0.450 e. The van der Waals surface area contributed by atoms with Crippen LogP contribution in [0.25, 0.3) is 0 Å². The first kappa shape index (κ1) is 17.0. The average Bonchev–Trinajstić information content (AvgIpc) is 3.05. The van der Waals surface area contributed by atoms with Crippen molar-refractivity contribution >= 4 is 29.1 Å². The summed E-state index contributed by atoms with van der Waals surface area (Å²) < 4.78 is 10.5. The lowest BCUT2D eigenvalue weighted by atomic mass is 10.1. The maximum absolute atomic E-state index is 11.6. The highest BCUT2D eigenvalue weighted by Gasteiger charge is 2.20. The second-order valence-electron chi connectivity index (χ2n) is 5.32. The highest BCUT2D eigenvalue weighted by molar-refractivity contribution is 7.80. The molecule has 0 radical (unpaired) electrons. The van der Waals surface area contributed by atoms with E-state index in [0.29, 0.717) is 31.4 Å². The molecule has 2 saturated heterocycles. The maximum Gasteiger partial charge on any atom is 0.409 e. The van der Waals surface area contributed by atoms with Crippen molar-refractivity contribution in [3.63, 3.8) is 0 Å². The van der Waals surface area contributed by atoms with Gasteiger partial charge < -0.3 is 19.7 Å². The van der Waals surface area contributed by atoms with Crippen LogP contribution in [0.2, 0.25) is 0 Å². The SMILES string of the molecule is CCOC(=O)N1CCC(=NNC(=S)NC[C@@H]2CCCO2)CC1. The van der Waals surface area contributed by atoms with Crippen LogP contribution in [0.15, 0.2) is 5.10 Å². The van der Waals surface area contributed by atoms with Gasteiger partial charge in [-0.1, -0.05) is 0 Å². The Morgan fingerprint density at radius 2 is 2.27 bits per heavy atom. The molecule has 0 spiro atoms. The molecule has 2 aliphatic rings. The van der Waals surface area contributed by atoms with Crippen molar-refractivity contribution < 1.29 is 14.3 Å². The number of piperidine rings is 1. The van der Waals surface area contributed by atoms with E-state index in [0.717, 1.165) is 38.0 Å². The summed E-state index contributed by atoms with van der Waals surface area (Å²) in [5.74, 6) is 0. The Morgan fingerprint density at radius 1 is 1.50 bits per heavy atom. The molecule has 1 amide bonds. The van der Waals surface area contributed by atoms with Gasteiger partial charge in [0.05, 0.1) is 12.7 Å². The van der Waals surface area contributed by atoms with Crippen LogP contribution in [0.4, 0.5) is 4.79 Å². The van der Waals surface area contributed by atoms with Crippen molar-refractivity contribution in [2.45, 2.75) is 38.7 Å². The zero-order valence-electron chi connectivity index (χ0n) is 13.0. The van der Waals surface area contributed by atoms with E-state index in [1.54, 1.807) is 4.90 Å². The Labute approximate surface area is 136 Å². The molecule has 0 unspecified atom stereocenters. The van der Waals surface area contributed by atoms with E-state index in [1.165, 1.54) is 0 Å². The molecule has 2 aliphatic heterocycles. The molecule has 0 aromatic rings. The van der Waals surface area contributed by atoms with Gasteiger partial charge in [0.1, 0.15) is 0 Å². The number of nitrogens with zero attached hydrogens (tertiary/aromatic N) is 2. The molecule has 0 aliphatic carbocycles. The molecular formula is C14H24N4O3S. The van der Waals surface area contributed by atoms with Crippen LogP contribution in [-0.2, 0) is 9.47 Å². The maximum atomic E-state index is 11.6. The third-order valence-corrected chi connectivity index (χ3v) is 3.93. The Morgan fingerprint density at radius 3 is 2.91 bits per heavy atom. The second-order valence-corrected chi connectivity index (χ2v) is 5.73. The molecule has 7 nitrogen and oxygen atoms in total. The average molecular weight is 328 g/mol. The summed E-state index contributed by atoms with van der Waals surface area (Å²) in [6.07, 6.45) is 3.67. The quantitative estimate of drug-likeness (QED) is 0.597. The Bertz CT molecular complexity index is 414. The molecule has 8 heteroatoms. The van der Waals surface area contributed by atoms with E-state index in [2.05, 4.69) is 15.8 Å². The predicted molar refractivity (Wildman–Crippen MR) is 88.0 cm³/mol. The fourth-order valence-corrected chi connectivity index (χ4v) is 2.58. The van der Waals surface area contributed by atoms with E-state index in [1.807, 2.05) is 6.92 Å². The van der Waals surface area contributed by atoms with Gasteiger partial charge in [0, 0.05) is 44.8 Å². The van der Waals surface area contributed by atoms with Crippen molar-refractivity contribution in [1.29, 1.82) is 0 Å². The molecule has 2 heterocycles. The summed E-state index contributed by atoms with van der Waals surface area (Å²) >= 11 is 5.19. The van der Waals surface area contributed by atoms with Gasteiger partial charge in [0.25, 0.3) is 0 Å². The van der Waals surface area contributed by atoms with E-state index in [-0.39, 0.29) is 12.2 Å². The van der Waals surface area contributed by atoms with Gasteiger partial charge in [-0.3, -0.25) is 5.43 Å². The van der Waals surface area contributed by atoms with Gasteiger partial charge in [-0.25, -0.2) is 4.79 Å². The Hall–Kier alpha value is -1.41. The van der Waals surface area contributed by atoms with Crippen LogP contribution < -0.4 is 10.7 Å². The number of nitrogens with one attached hydrogen (secondary N) is 2. The first-order chi connectivity index (χ1) is 10.7. The molecule has 2 rings (SSSR count). The Balaban J connectivity index is 1.64. The van der Waals surface area contributed by atoms with Crippen LogP contribution >= 0.6 is 12.2 Å². The summed E-state index contributed by atoms with van der Waals surface area (Å²) in [4.78, 5) is 13.3. The lowest BCUT2D eigenvalue weighted by Crippen LogP contribution is -2.41. The highest BCUT2D eigenvalue weighted by atomic mass is 32.1. The third-order valence-electron chi connectivity index (χ3n) is 3.70. The molecule has 0 aromatic carbocycles. The second kappa shape index (κ2) is 8.89. The smallest absolute Gasteiger partial charge is 0.409 e. The highest BCUT2D eigenvalue weighted by Crippen LogP contribution is 2.10. The molecule has 2 N–H and O–H groups in total. The minimum Gasteiger partial charge on any atom is -0.450 e. The van der Waals surface area contributed by atoms with Gasteiger partial charge >= 0.3 is 6.09 Å². The number of carbonyl (C=O) groups excluding carboxylic acids is 1. The van der Waals surface area contributed by atoms with Crippen LogP contribution in [0.5, 0.6) is 0 Å². The summed E-state index contributed by atoms with van der Waals surface area (Å²) in [6.45, 7) is 5.04. The molecule has 1 atom stereocenters. The number of carbonyl (C=O) groups is 1. The van der Waals surface area contributed by atoms with Crippen LogP contribution in [0.3, 0.4) is 0 Å². The first-order valence-electron chi connectivity index (χ1n) is 7.81. The third kappa shape index (κ3) is 5.42. The summed E-state index contributed by atoms with van der Waals surface area (Å²) in [6, 6.07) is 0. The normalized spacial score (nSPS) is 21.4. The summed E-state index contributed by atoms with van der Waals surface area (Å²) in [5.41, 5.74) is 3.88. The summed E-state index contributed by atoms with van der Waals surface area (Å²) in [5, 5.41) is 7.93. The van der Waals surface area contributed by atoms with Crippen LogP contribution in [0, 0.1) is 0 Å². The number of rotatable bonds is 4. The molecule has 0 bridgehead atoms. The topological polar surface area (TPSA) is 75.2 Å². The number of hydrazone groups is 1. The zero-order valence-corrected chi connectivity index (χ0v) is 13.8. The van der Waals surface area contributed by atoms with E-state index >= 15 is 0 Å². The van der Waals surface area contributed by atoms with Crippen LogP contribution in [0.1, 0.15) is 32.6 Å². The lowest BCUT2D eigenvalue weighted by molar-refractivity contribution is 0.107. The number of likely N-dealkylation sites (tertiary alicyclic amines) is 1. The van der Waals surface area contributed by atoms with Gasteiger partial charge in [-0.05, 0) is 32.0 Å². The van der Waals surface area contributed by atoms with E-state index < -0.39 is 0 Å². The molecular weight excluding hydrogens is 304 g/mol. The Kier molecular flexibility index (Phi) is 6.85.